The molecule has 2 heterocycles. The highest BCUT2D eigenvalue weighted by atomic mass is 19.4. The summed E-state index contributed by atoms with van der Waals surface area (Å²) in [6.07, 6.45) is -1.22. The summed E-state index contributed by atoms with van der Waals surface area (Å²) in [5.74, 6) is 0.477. The second-order valence-electron chi connectivity index (χ2n) is 4.84. The van der Waals surface area contributed by atoms with E-state index < -0.39 is 11.7 Å². The Hall–Kier alpha value is -2.83. The third-order valence-electron chi connectivity index (χ3n) is 3.17. The van der Waals surface area contributed by atoms with Gasteiger partial charge >= 0.3 is 6.18 Å². The number of nitrogens with zero attached hydrogens (tertiary/aromatic N) is 2. The molecule has 0 atom stereocenters. The number of aromatic amines is 1. The maximum Gasteiger partial charge on any atom is 0.416 e. The Morgan fingerprint density at radius 1 is 1.09 bits per heavy atom. The van der Waals surface area contributed by atoms with Crippen LogP contribution < -0.4 is 4.74 Å². The molecule has 2 aromatic heterocycles. The number of nitrogens with one attached hydrogen (secondary N) is 1. The van der Waals surface area contributed by atoms with Crippen molar-refractivity contribution < 1.29 is 17.9 Å². The maximum atomic E-state index is 12.7. The summed E-state index contributed by atoms with van der Waals surface area (Å²) in [7, 11) is 0. The zero-order valence-electron chi connectivity index (χ0n) is 11.8. The second-order valence-corrected chi connectivity index (χ2v) is 4.84. The molecule has 0 aliphatic carbocycles. The molecule has 0 aliphatic heterocycles. The van der Waals surface area contributed by atoms with Gasteiger partial charge in [0.25, 0.3) is 0 Å². The van der Waals surface area contributed by atoms with Crippen molar-refractivity contribution in [3.63, 3.8) is 0 Å². The first-order valence-electron chi connectivity index (χ1n) is 6.77. The molecule has 7 heteroatoms. The van der Waals surface area contributed by atoms with Crippen LogP contribution in [0.2, 0.25) is 0 Å². The highest BCUT2D eigenvalue weighted by Crippen LogP contribution is 2.29. The summed E-state index contributed by atoms with van der Waals surface area (Å²) in [6, 6.07) is 10.3. The molecule has 23 heavy (non-hydrogen) atoms. The highest BCUT2D eigenvalue weighted by molar-refractivity contribution is 5.53. The van der Waals surface area contributed by atoms with Crippen molar-refractivity contribution in [2.24, 2.45) is 0 Å². The fraction of sp³-hybridized carbons (Fsp3) is 0.125. The van der Waals surface area contributed by atoms with Crippen LogP contribution in [0.4, 0.5) is 13.2 Å². The minimum atomic E-state index is -4.36. The SMILES string of the molecule is FC(F)(F)c1cccc(COc2ccc(-c3ccn[nH]3)nc2)c1. The van der Waals surface area contributed by atoms with Gasteiger partial charge in [0.2, 0.25) is 0 Å². The van der Waals surface area contributed by atoms with Crippen LogP contribution in [-0.2, 0) is 12.8 Å². The van der Waals surface area contributed by atoms with Gasteiger partial charge in [0.05, 0.1) is 23.1 Å². The molecule has 3 aromatic rings. The molecular formula is C16H12F3N3O. The molecule has 0 unspecified atom stereocenters. The number of pyridine rings is 1. The van der Waals surface area contributed by atoms with E-state index in [1.165, 1.54) is 12.3 Å². The van der Waals surface area contributed by atoms with Crippen LogP contribution in [-0.4, -0.2) is 15.2 Å². The van der Waals surface area contributed by atoms with Crippen LogP contribution in [0.25, 0.3) is 11.4 Å². The van der Waals surface area contributed by atoms with Gasteiger partial charge in [0.1, 0.15) is 12.4 Å². The van der Waals surface area contributed by atoms with Gasteiger partial charge in [-0.25, -0.2) is 0 Å². The van der Waals surface area contributed by atoms with E-state index in [1.807, 2.05) is 0 Å². The third-order valence-corrected chi connectivity index (χ3v) is 3.17. The predicted octanol–water partition coefficient (Wildman–Crippen LogP) is 4.07. The summed E-state index contributed by atoms with van der Waals surface area (Å²) in [5, 5.41) is 6.63. The normalized spacial score (nSPS) is 11.4. The summed E-state index contributed by atoms with van der Waals surface area (Å²) in [4.78, 5) is 4.21. The van der Waals surface area contributed by atoms with Gasteiger partial charge in [-0.1, -0.05) is 12.1 Å². The van der Waals surface area contributed by atoms with Crippen LogP contribution in [0.3, 0.4) is 0 Å². The van der Waals surface area contributed by atoms with Crippen LogP contribution in [0.15, 0.2) is 54.9 Å². The largest absolute Gasteiger partial charge is 0.487 e. The Kier molecular flexibility index (Phi) is 4.01. The molecule has 1 aromatic carbocycles. The highest BCUT2D eigenvalue weighted by Gasteiger charge is 2.30. The van der Waals surface area contributed by atoms with Crippen molar-refractivity contribution in [3.8, 4) is 17.1 Å². The van der Waals surface area contributed by atoms with E-state index in [-0.39, 0.29) is 6.61 Å². The molecular weight excluding hydrogens is 307 g/mol. The molecule has 4 nitrogen and oxygen atoms in total. The van der Waals surface area contributed by atoms with Crippen molar-refractivity contribution in [2.45, 2.75) is 12.8 Å². The first-order chi connectivity index (χ1) is 11.0. The third kappa shape index (κ3) is 3.68. The molecule has 0 aliphatic rings. The number of ether oxygens (including phenoxy) is 1. The number of aromatic nitrogens is 3. The lowest BCUT2D eigenvalue weighted by Gasteiger charge is -2.10. The van der Waals surface area contributed by atoms with Crippen LogP contribution in [0.1, 0.15) is 11.1 Å². The zero-order chi connectivity index (χ0) is 16.3. The number of alkyl halides is 3. The van der Waals surface area contributed by atoms with Gasteiger partial charge in [0.15, 0.2) is 0 Å². The first-order valence-corrected chi connectivity index (χ1v) is 6.77. The molecule has 3 rings (SSSR count). The molecule has 0 saturated carbocycles. The van der Waals surface area contributed by atoms with E-state index in [0.29, 0.717) is 17.0 Å². The first kappa shape index (κ1) is 15.1. The summed E-state index contributed by atoms with van der Waals surface area (Å²) in [6.45, 7) is 0.0367. The Balaban J connectivity index is 1.67. The molecule has 118 valence electrons. The van der Waals surface area contributed by atoms with E-state index in [1.54, 1.807) is 30.5 Å². The Labute approximate surface area is 130 Å². The van der Waals surface area contributed by atoms with E-state index in [9.17, 15) is 13.2 Å². The maximum absolute atomic E-state index is 12.7. The van der Waals surface area contributed by atoms with Crippen molar-refractivity contribution >= 4 is 0 Å². The molecule has 0 bridgehead atoms. The molecule has 0 spiro atoms. The summed E-state index contributed by atoms with van der Waals surface area (Å²) < 4.78 is 43.4. The number of halogens is 3. The minimum absolute atomic E-state index is 0.0367. The van der Waals surface area contributed by atoms with Gasteiger partial charge in [0, 0.05) is 6.20 Å². The van der Waals surface area contributed by atoms with Gasteiger partial charge in [-0.3, -0.25) is 10.1 Å². The summed E-state index contributed by atoms with van der Waals surface area (Å²) >= 11 is 0. The second kappa shape index (κ2) is 6.12. The van der Waals surface area contributed by atoms with Gasteiger partial charge in [-0.2, -0.15) is 18.3 Å². The number of H-pyrrole nitrogens is 1. The lowest BCUT2D eigenvalue weighted by molar-refractivity contribution is -0.137. The van der Waals surface area contributed by atoms with E-state index in [0.717, 1.165) is 17.8 Å². The fourth-order valence-electron chi connectivity index (χ4n) is 2.03. The van der Waals surface area contributed by atoms with E-state index in [2.05, 4.69) is 15.2 Å². The Morgan fingerprint density at radius 3 is 2.61 bits per heavy atom. The van der Waals surface area contributed by atoms with E-state index >= 15 is 0 Å². The fourth-order valence-corrected chi connectivity index (χ4v) is 2.03. The van der Waals surface area contributed by atoms with Crippen LogP contribution in [0.5, 0.6) is 5.75 Å². The topological polar surface area (TPSA) is 50.8 Å². The molecule has 0 radical (unpaired) electrons. The minimum Gasteiger partial charge on any atom is -0.487 e. The lowest BCUT2D eigenvalue weighted by atomic mass is 10.1. The monoisotopic (exact) mass is 319 g/mol. The van der Waals surface area contributed by atoms with Crippen molar-refractivity contribution in [1.29, 1.82) is 0 Å². The average Bonchev–Trinajstić information content (AvgIpc) is 3.07. The molecule has 0 saturated heterocycles. The number of hydrogen-bond donors (Lipinski definition) is 1. The average molecular weight is 319 g/mol. The van der Waals surface area contributed by atoms with Gasteiger partial charge in [-0.05, 0) is 35.9 Å². The quantitative estimate of drug-likeness (QED) is 0.788. The Bertz CT molecular complexity index is 768. The summed E-state index contributed by atoms with van der Waals surface area (Å²) in [5.41, 5.74) is 1.23. The number of hydrogen-bond acceptors (Lipinski definition) is 3. The smallest absolute Gasteiger partial charge is 0.416 e. The molecule has 0 amide bonds. The van der Waals surface area contributed by atoms with Crippen LogP contribution >= 0.6 is 0 Å². The van der Waals surface area contributed by atoms with Crippen molar-refractivity contribution in [1.82, 2.24) is 15.2 Å². The van der Waals surface area contributed by atoms with Gasteiger partial charge in [-0.15, -0.1) is 0 Å². The van der Waals surface area contributed by atoms with Crippen molar-refractivity contribution in [3.05, 3.63) is 66.0 Å². The van der Waals surface area contributed by atoms with Crippen LogP contribution in [0, 0.1) is 0 Å². The Morgan fingerprint density at radius 2 is 1.96 bits per heavy atom. The number of rotatable bonds is 4. The van der Waals surface area contributed by atoms with E-state index in [4.69, 9.17) is 4.74 Å². The molecule has 1 N–H and O–H groups in total. The number of benzene rings is 1. The lowest BCUT2D eigenvalue weighted by Crippen LogP contribution is -2.06. The predicted molar refractivity (Wildman–Crippen MR) is 77.6 cm³/mol. The molecule has 0 fully saturated rings. The van der Waals surface area contributed by atoms with Crippen molar-refractivity contribution in [2.75, 3.05) is 0 Å². The standard InChI is InChI=1S/C16H12F3N3O/c17-16(18,19)12-3-1-2-11(8-12)10-23-13-4-5-14(20-9-13)15-6-7-21-22-15/h1-9H,10H2,(H,21,22). The van der Waals surface area contributed by atoms with Gasteiger partial charge < -0.3 is 4.74 Å². The zero-order valence-corrected chi connectivity index (χ0v) is 11.8.